The Morgan fingerprint density at radius 1 is 1.25 bits per heavy atom. The van der Waals surface area contributed by atoms with Gasteiger partial charge in [0.25, 0.3) is 12.3 Å². The predicted molar refractivity (Wildman–Crippen MR) is 115 cm³/mol. The molecule has 4 rings (SSSR count). The van der Waals surface area contributed by atoms with Crippen molar-refractivity contribution in [2.24, 2.45) is 16.1 Å². The molecule has 2 aliphatic carbocycles. The van der Waals surface area contributed by atoms with Gasteiger partial charge >= 0.3 is 0 Å². The lowest BCUT2D eigenvalue weighted by molar-refractivity contribution is -0.139. The highest BCUT2D eigenvalue weighted by Gasteiger charge is 2.66. The summed E-state index contributed by atoms with van der Waals surface area (Å²) in [5.74, 6) is 0.0278. The summed E-state index contributed by atoms with van der Waals surface area (Å²) in [6.45, 7) is 0.299. The van der Waals surface area contributed by atoms with Gasteiger partial charge in [-0.15, -0.1) is 0 Å². The molecule has 0 unspecified atom stereocenters. The van der Waals surface area contributed by atoms with Crippen molar-refractivity contribution in [2.75, 3.05) is 34.0 Å². The summed E-state index contributed by atoms with van der Waals surface area (Å²) in [4.78, 5) is 19.4. The van der Waals surface area contributed by atoms with E-state index in [1.807, 2.05) is 18.2 Å². The van der Waals surface area contributed by atoms with Crippen LogP contribution in [0.5, 0.6) is 5.75 Å². The SMILES string of the molecule is COCCCOc1ccc2c(c1)[C@@]1(N=C(N)N(CC(F)F)C1=O)[C@]1(CC[C@H](OC)CC1)C2. The fourth-order valence-corrected chi connectivity index (χ4v) is 5.64. The van der Waals surface area contributed by atoms with Crippen molar-refractivity contribution in [2.45, 2.75) is 56.6 Å². The standard InChI is InChI=1S/C23H31F2N3O4/c1-30-10-3-11-32-17-5-4-15-13-22(8-6-16(31-2)7-9-22)23(18(15)12-17)20(29)28(14-19(24)25)21(26)27-23/h4-5,12,16,19H,3,6-11,13-14H2,1-2H3,(H2,26,27)/t16-,22-,23-/m0/s1. The highest BCUT2D eigenvalue weighted by molar-refractivity contribution is 6.08. The van der Waals surface area contributed by atoms with Crippen LogP contribution in [0.25, 0.3) is 0 Å². The quantitative estimate of drug-likeness (QED) is 0.615. The number of carbonyl (C=O) groups is 1. The van der Waals surface area contributed by atoms with Gasteiger partial charge in [0, 0.05) is 32.7 Å². The van der Waals surface area contributed by atoms with Crippen LogP contribution >= 0.6 is 0 Å². The van der Waals surface area contributed by atoms with Crippen LogP contribution in [0.1, 0.15) is 43.2 Å². The van der Waals surface area contributed by atoms with Crippen LogP contribution in [0.3, 0.4) is 0 Å². The molecular formula is C23H31F2N3O4. The van der Waals surface area contributed by atoms with Gasteiger partial charge in [-0.2, -0.15) is 0 Å². The number of methoxy groups -OCH3 is 2. The summed E-state index contributed by atoms with van der Waals surface area (Å²) >= 11 is 0. The number of alkyl halides is 2. The van der Waals surface area contributed by atoms with Crippen LogP contribution in [-0.2, 0) is 26.2 Å². The summed E-state index contributed by atoms with van der Waals surface area (Å²) in [5.41, 5.74) is 5.98. The normalized spacial score (nSPS) is 29.3. The molecule has 2 spiro atoms. The van der Waals surface area contributed by atoms with Gasteiger partial charge in [0.1, 0.15) is 5.75 Å². The second-order valence-corrected chi connectivity index (χ2v) is 8.89. The van der Waals surface area contributed by atoms with E-state index < -0.39 is 29.8 Å². The number of nitrogens with zero attached hydrogens (tertiary/aromatic N) is 2. The lowest BCUT2D eigenvalue weighted by Gasteiger charge is -2.45. The third-order valence-corrected chi connectivity index (χ3v) is 7.19. The van der Waals surface area contributed by atoms with E-state index in [1.165, 1.54) is 0 Å². The van der Waals surface area contributed by atoms with E-state index in [0.29, 0.717) is 38.2 Å². The van der Waals surface area contributed by atoms with E-state index in [2.05, 4.69) is 4.99 Å². The Morgan fingerprint density at radius 2 is 2.00 bits per heavy atom. The minimum Gasteiger partial charge on any atom is -0.493 e. The zero-order valence-corrected chi connectivity index (χ0v) is 18.6. The number of carbonyl (C=O) groups excluding carboxylic acids is 1. The van der Waals surface area contributed by atoms with Crippen molar-refractivity contribution in [3.63, 3.8) is 0 Å². The summed E-state index contributed by atoms with van der Waals surface area (Å²) < 4.78 is 43.0. The summed E-state index contributed by atoms with van der Waals surface area (Å²) in [6, 6.07) is 5.71. The van der Waals surface area contributed by atoms with Crippen LogP contribution in [0, 0.1) is 5.41 Å². The van der Waals surface area contributed by atoms with Crippen LogP contribution in [0.15, 0.2) is 23.2 Å². The number of hydrogen-bond acceptors (Lipinski definition) is 6. The molecule has 32 heavy (non-hydrogen) atoms. The number of fused-ring (bicyclic) bond motifs is 3. The molecule has 0 radical (unpaired) electrons. The maximum absolute atomic E-state index is 13.8. The van der Waals surface area contributed by atoms with E-state index in [9.17, 15) is 13.6 Å². The molecule has 1 aromatic rings. The maximum atomic E-state index is 13.8. The highest BCUT2D eigenvalue weighted by Crippen LogP contribution is 2.62. The zero-order chi connectivity index (χ0) is 22.9. The Balaban J connectivity index is 1.73. The fraction of sp³-hybridized carbons (Fsp3) is 0.652. The molecule has 1 fully saturated rings. The number of amides is 1. The van der Waals surface area contributed by atoms with Crippen molar-refractivity contribution < 1.29 is 27.8 Å². The molecule has 9 heteroatoms. The van der Waals surface area contributed by atoms with Crippen LogP contribution in [0.2, 0.25) is 0 Å². The second-order valence-electron chi connectivity index (χ2n) is 8.89. The summed E-state index contributed by atoms with van der Waals surface area (Å²) in [6.07, 6.45) is 1.77. The van der Waals surface area contributed by atoms with Crippen LogP contribution in [0.4, 0.5) is 8.78 Å². The lowest BCUT2D eigenvalue weighted by atomic mass is 9.61. The Morgan fingerprint density at radius 3 is 2.66 bits per heavy atom. The minimum atomic E-state index is -2.70. The van der Waals surface area contributed by atoms with Gasteiger partial charge in [0.15, 0.2) is 11.5 Å². The molecule has 7 nitrogen and oxygen atoms in total. The highest BCUT2D eigenvalue weighted by atomic mass is 19.3. The monoisotopic (exact) mass is 451 g/mol. The molecule has 1 amide bonds. The summed E-state index contributed by atoms with van der Waals surface area (Å²) in [7, 11) is 3.33. The largest absolute Gasteiger partial charge is 0.493 e. The average molecular weight is 452 g/mol. The number of ether oxygens (including phenoxy) is 3. The third kappa shape index (κ3) is 3.65. The van der Waals surface area contributed by atoms with Gasteiger partial charge in [0.2, 0.25) is 0 Å². The molecule has 0 aromatic heterocycles. The van der Waals surface area contributed by atoms with Crippen molar-refractivity contribution in [1.29, 1.82) is 0 Å². The molecule has 176 valence electrons. The van der Waals surface area contributed by atoms with Gasteiger partial charge in [-0.1, -0.05) is 6.07 Å². The van der Waals surface area contributed by atoms with E-state index in [0.717, 1.165) is 35.3 Å². The maximum Gasteiger partial charge on any atom is 0.262 e. The van der Waals surface area contributed by atoms with Gasteiger partial charge in [0.05, 0.1) is 19.3 Å². The van der Waals surface area contributed by atoms with Gasteiger partial charge < -0.3 is 19.9 Å². The first kappa shape index (κ1) is 22.9. The lowest BCUT2D eigenvalue weighted by Crippen LogP contribution is -2.52. The number of nitrogens with two attached hydrogens (primary N) is 1. The predicted octanol–water partition coefficient (Wildman–Crippen LogP) is 2.85. The first-order valence-corrected chi connectivity index (χ1v) is 11.1. The molecule has 2 N–H and O–H groups in total. The van der Waals surface area contributed by atoms with Crippen LogP contribution in [-0.4, -0.2) is 63.3 Å². The Labute approximate surface area is 186 Å². The minimum absolute atomic E-state index is 0.121. The van der Waals surface area contributed by atoms with Gasteiger partial charge in [-0.25, -0.2) is 13.8 Å². The van der Waals surface area contributed by atoms with Gasteiger partial charge in [-0.3, -0.25) is 9.69 Å². The molecule has 1 heterocycles. The number of benzene rings is 1. The molecule has 0 saturated heterocycles. The average Bonchev–Trinajstić information content (AvgIpc) is 3.18. The smallest absolute Gasteiger partial charge is 0.262 e. The van der Waals surface area contributed by atoms with Crippen LogP contribution < -0.4 is 10.5 Å². The topological polar surface area (TPSA) is 86.4 Å². The molecule has 1 atom stereocenters. The van der Waals surface area contributed by atoms with E-state index >= 15 is 0 Å². The van der Waals surface area contributed by atoms with Crippen molar-refractivity contribution in [1.82, 2.24) is 4.90 Å². The number of rotatable bonds is 8. The molecule has 1 saturated carbocycles. The summed E-state index contributed by atoms with van der Waals surface area (Å²) in [5, 5.41) is 0. The fourth-order valence-electron chi connectivity index (χ4n) is 5.64. The van der Waals surface area contributed by atoms with E-state index in [-0.39, 0.29) is 12.1 Å². The van der Waals surface area contributed by atoms with E-state index in [4.69, 9.17) is 19.9 Å². The Hall–Kier alpha value is -2.26. The van der Waals surface area contributed by atoms with Gasteiger partial charge in [-0.05, 0) is 55.4 Å². The van der Waals surface area contributed by atoms with E-state index in [1.54, 1.807) is 14.2 Å². The molecule has 1 aliphatic heterocycles. The molecule has 1 aromatic carbocycles. The number of guanidine groups is 1. The van der Waals surface area contributed by atoms with Crippen molar-refractivity contribution >= 4 is 11.9 Å². The first-order chi connectivity index (χ1) is 15.4. The Bertz CT molecular complexity index is 886. The van der Waals surface area contributed by atoms with Crippen molar-refractivity contribution in [3.05, 3.63) is 29.3 Å². The third-order valence-electron chi connectivity index (χ3n) is 7.19. The molecule has 3 aliphatic rings. The molecular weight excluding hydrogens is 420 g/mol. The van der Waals surface area contributed by atoms with Crippen molar-refractivity contribution in [3.8, 4) is 5.75 Å². The second kappa shape index (κ2) is 8.94. The number of hydrogen-bond donors (Lipinski definition) is 1. The molecule has 0 bridgehead atoms. The Kier molecular flexibility index (Phi) is 6.40. The number of halogens is 2. The number of aliphatic imine (C=N–C) groups is 1. The first-order valence-electron chi connectivity index (χ1n) is 11.1. The zero-order valence-electron chi connectivity index (χ0n) is 18.6.